The van der Waals surface area contributed by atoms with Gasteiger partial charge >= 0.3 is 35.5 Å². The SMILES string of the molecule is CC(=O)On1cc(O)c2ccccc21.[NaH]. The first-order valence-corrected chi connectivity index (χ1v) is 4.16. The predicted octanol–water partition coefficient (Wildman–Crippen LogP) is 0.673. The molecule has 0 saturated carbocycles. The van der Waals surface area contributed by atoms with Crippen molar-refractivity contribution in [1.29, 1.82) is 0 Å². The zero-order chi connectivity index (χ0) is 10.1. The van der Waals surface area contributed by atoms with Crippen molar-refractivity contribution in [3.05, 3.63) is 30.5 Å². The predicted molar refractivity (Wildman–Crippen MR) is 58.0 cm³/mol. The van der Waals surface area contributed by atoms with Crippen LogP contribution in [0.15, 0.2) is 30.5 Å². The minimum absolute atomic E-state index is 0. The third-order valence-electron chi connectivity index (χ3n) is 1.88. The van der Waals surface area contributed by atoms with Gasteiger partial charge in [-0.25, -0.2) is 4.79 Å². The van der Waals surface area contributed by atoms with Crippen LogP contribution in [0.2, 0.25) is 0 Å². The molecule has 2 rings (SSSR count). The van der Waals surface area contributed by atoms with Gasteiger partial charge in [0.1, 0.15) is 5.75 Å². The maximum absolute atomic E-state index is 10.7. The number of carbonyl (C=O) groups excluding carboxylic acids is 1. The Morgan fingerprint density at radius 3 is 2.73 bits per heavy atom. The van der Waals surface area contributed by atoms with Gasteiger partial charge in [-0.3, -0.25) is 0 Å². The molecule has 5 heteroatoms. The molecule has 0 saturated heterocycles. The molecule has 0 fully saturated rings. The monoisotopic (exact) mass is 215 g/mol. The molecule has 74 valence electrons. The number of nitrogens with zero attached hydrogens (tertiary/aromatic N) is 1. The Kier molecular flexibility index (Phi) is 3.79. The van der Waals surface area contributed by atoms with E-state index in [1.165, 1.54) is 17.9 Å². The zero-order valence-corrected chi connectivity index (χ0v) is 7.60. The van der Waals surface area contributed by atoms with Crippen molar-refractivity contribution >= 4 is 46.4 Å². The summed E-state index contributed by atoms with van der Waals surface area (Å²) in [7, 11) is 0. The molecular weight excluding hydrogens is 205 g/mol. The summed E-state index contributed by atoms with van der Waals surface area (Å²) < 4.78 is 1.26. The average Bonchev–Trinajstić information content (AvgIpc) is 2.44. The Hall–Kier alpha value is -0.970. The van der Waals surface area contributed by atoms with E-state index in [0.29, 0.717) is 10.9 Å². The van der Waals surface area contributed by atoms with Crippen molar-refractivity contribution in [2.24, 2.45) is 0 Å². The van der Waals surface area contributed by atoms with E-state index in [4.69, 9.17) is 4.84 Å². The molecule has 1 N–H and O–H groups in total. The molecule has 0 amide bonds. The molecule has 0 spiro atoms. The third kappa shape index (κ3) is 2.34. The van der Waals surface area contributed by atoms with Crippen LogP contribution in [0.1, 0.15) is 6.92 Å². The number of aromatic nitrogens is 1. The Bertz CT molecular complexity index is 492. The topological polar surface area (TPSA) is 51.5 Å². The van der Waals surface area contributed by atoms with Gasteiger partial charge in [-0.2, -0.15) is 4.73 Å². The molecule has 0 atom stereocenters. The van der Waals surface area contributed by atoms with Crippen LogP contribution in [-0.2, 0) is 4.79 Å². The Morgan fingerprint density at radius 1 is 1.40 bits per heavy atom. The molecule has 2 aromatic rings. The third-order valence-corrected chi connectivity index (χ3v) is 1.88. The van der Waals surface area contributed by atoms with Crippen LogP contribution in [-0.4, -0.2) is 45.4 Å². The number of fused-ring (bicyclic) bond motifs is 1. The van der Waals surface area contributed by atoms with Crippen LogP contribution < -0.4 is 4.84 Å². The van der Waals surface area contributed by atoms with Gasteiger partial charge in [0.25, 0.3) is 0 Å². The fourth-order valence-electron chi connectivity index (χ4n) is 1.35. The number of rotatable bonds is 1. The van der Waals surface area contributed by atoms with Crippen LogP contribution in [0.25, 0.3) is 10.9 Å². The first kappa shape index (κ1) is 12.1. The Morgan fingerprint density at radius 2 is 2.07 bits per heavy atom. The summed E-state index contributed by atoms with van der Waals surface area (Å²) >= 11 is 0. The number of hydrogen-bond acceptors (Lipinski definition) is 3. The minimum atomic E-state index is -0.425. The van der Waals surface area contributed by atoms with E-state index in [-0.39, 0.29) is 35.3 Å². The van der Waals surface area contributed by atoms with E-state index in [1.54, 1.807) is 18.2 Å². The fourth-order valence-corrected chi connectivity index (χ4v) is 1.35. The van der Waals surface area contributed by atoms with E-state index in [9.17, 15) is 9.90 Å². The molecule has 1 aromatic heterocycles. The van der Waals surface area contributed by atoms with Crippen LogP contribution in [0.5, 0.6) is 5.75 Å². The summed E-state index contributed by atoms with van der Waals surface area (Å²) in [6, 6.07) is 7.13. The molecule has 0 unspecified atom stereocenters. The van der Waals surface area contributed by atoms with Crippen molar-refractivity contribution in [3.63, 3.8) is 0 Å². The van der Waals surface area contributed by atoms with E-state index in [2.05, 4.69) is 0 Å². The van der Waals surface area contributed by atoms with Crippen LogP contribution in [0, 0.1) is 0 Å². The van der Waals surface area contributed by atoms with E-state index >= 15 is 0 Å². The maximum atomic E-state index is 10.7. The molecule has 0 aliphatic rings. The summed E-state index contributed by atoms with van der Waals surface area (Å²) in [6.45, 7) is 1.31. The molecule has 0 bridgehead atoms. The number of benzene rings is 1. The van der Waals surface area contributed by atoms with Gasteiger partial charge in [0.05, 0.1) is 11.7 Å². The van der Waals surface area contributed by atoms with Gasteiger partial charge in [-0.05, 0) is 12.1 Å². The Balaban J connectivity index is 0.00000112. The quantitative estimate of drug-likeness (QED) is 0.711. The molecular formula is C10H10NNaO3. The summed E-state index contributed by atoms with van der Waals surface area (Å²) in [6.07, 6.45) is 1.37. The van der Waals surface area contributed by atoms with Crippen molar-refractivity contribution in [3.8, 4) is 5.75 Å². The zero-order valence-electron chi connectivity index (χ0n) is 7.60. The van der Waals surface area contributed by atoms with Crippen molar-refractivity contribution in [1.82, 2.24) is 4.73 Å². The number of hydrogen-bond donors (Lipinski definition) is 1. The molecule has 1 heterocycles. The summed E-state index contributed by atoms with van der Waals surface area (Å²) in [5.74, 6) is -0.326. The first-order chi connectivity index (χ1) is 6.68. The van der Waals surface area contributed by atoms with E-state index < -0.39 is 5.97 Å². The van der Waals surface area contributed by atoms with Crippen LogP contribution in [0.4, 0.5) is 0 Å². The second kappa shape index (κ2) is 4.70. The standard InChI is InChI=1S/C10H9NO3.Na.H/c1-7(12)14-11-6-10(13)8-4-2-3-5-9(8)11;;/h2-6,13H,1H3;;. The molecule has 15 heavy (non-hydrogen) atoms. The van der Waals surface area contributed by atoms with Crippen molar-refractivity contribution < 1.29 is 14.7 Å². The molecule has 1 aromatic carbocycles. The summed E-state index contributed by atoms with van der Waals surface area (Å²) in [5.41, 5.74) is 0.667. The van der Waals surface area contributed by atoms with Gasteiger partial charge < -0.3 is 9.94 Å². The van der Waals surface area contributed by atoms with Gasteiger partial charge in [-0.1, -0.05) is 12.1 Å². The molecule has 4 nitrogen and oxygen atoms in total. The van der Waals surface area contributed by atoms with Gasteiger partial charge in [0.2, 0.25) is 0 Å². The van der Waals surface area contributed by atoms with E-state index in [0.717, 1.165) is 0 Å². The second-order valence-electron chi connectivity index (χ2n) is 2.94. The fraction of sp³-hybridized carbons (Fsp3) is 0.100. The second-order valence-corrected chi connectivity index (χ2v) is 2.94. The van der Waals surface area contributed by atoms with Gasteiger partial charge in [-0.15, -0.1) is 0 Å². The van der Waals surface area contributed by atoms with Crippen molar-refractivity contribution in [2.45, 2.75) is 6.92 Å². The Labute approximate surface area is 109 Å². The summed E-state index contributed by atoms with van der Waals surface area (Å²) in [5, 5.41) is 10.2. The first-order valence-electron chi connectivity index (χ1n) is 4.16. The van der Waals surface area contributed by atoms with Gasteiger partial charge in [0, 0.05) is 12.3 Å². The normalized spacial score (nSPS) is 9.67. The van der Waals surface area contributed by atoms with Crippen LogP contribution >= 0.6 is 0 Å². The number of para-hydroxylation sites is 1. The molecule has 0 aliphatic heterocycles. The summed E-state index contributed by atoms with van der Waals surface area (Å²) in [4.78, 5) is 15.6. The van der Waals surface area contributed by atoms with Crippen molar-refractivity contribution in [2.75, 3.05) is 0 Å². The number of aromatic hydroxyl groups is 1. The molecule has 0 aliphatic carbocycles. The molecule has 0 radical (unpaired) electrons. The van der Waals surface area contributed by atoms with Gasteiger partial charge in [0.15, 0.2) is 0 Å². The average molecular weight is 215 g/mol. The van der Waals surface area contributed by atoms with Crippen LogP contribution in [0.3, 0.4) is 0 Å². The number of carbonyl (C=O) groups is 1. The van der Waals surface area contributed by atoms with E-state index in [1.807, 2.05) is 6.07 Å².